The molecule has 0 bridgehead atoms. The zero-order valence-electron chi connectivity index (χ0n) is 12.1. The number of nitrogens with two attached hydrogens (primary N) is 1. The smallest absolute Gasteiger partial charge is 0.263 e. The highest BCUT2D eigenvalue weighted by Gasteiger charge is 2.19. The van der Waals surface area contributed by atoms with Crippen molar-refractivity contribution in [2.75, 3.05) is 25.6 Å². The highest BCUT2D eigenvalue weighted by Crippen LogP contribution is 2.39. The zero-order valence-corrected chi connectivity index (χ0v) is 13.8. The van der Waals surface area contributed by atoms with Gasteiger partial charge in [-0.25, -0.2) is 0 Å². The molecule has 0 fully saturated rings. The highest BCUT2D eigenvalue weighted by atomic mass is 32.2. The molecule has 1 aromatic heterocycles. The Labute approximate surface area is 129 Å². The first-order valence-corrected chi connectivity index (χ1v) is 8.84. The Kier molecular flexibility index (Phi) is 4.84. The van der Waals surface area contributed by atoms with Gasteiger partial charge in [-0.2, -0.15) is 0 Å². The minimum absolute atomic E-state index is 0.0981. The average Bonchev–Trinajstić information content (AvgIpc) is 2.81. The second kappa shape index (κ2) is 6.44. The van der Waals surface area contributed by atoms with Crippen LogP contribution in [0.15, 0.2) is 18.2 Å². The minimum atomic E-state index is -0.971. The molecule has 2 rings (SSSR count). The van der Waals surface area contributed by atoms with Crippen LogP contribution in [0.3, 0.4) is 0 Å². The van der Waals surface area contributed by atoms with E-state index < -0.39 is 10.8 Å². The van der Waals surface area contributed by atoms with Crippen molar-refractivity contribution in [3.8, 4) is 5.75 Å². The molecule has 2 atom stereocenters. The first-order chi connectivity index (χ1) is 9.95. The van der Waals surface area contributed by atoms with Gasteiger partial charge in [0, 0.05) is 33.5 Å². The molecule has 0 aliphatic carbocycles. The van der Waals surface area contributed by atoms with Crippen LogP contribution in [0.2, 0.25) is 0 Å². The SMILES string of the molecule is COc1cccc2sc(C(=O)NCC(C)S(C)=O)c(N)c12. The van der Waals surface area contributed by atoms with Gasteiger partial charge in [-0.15, -0.1) is 11.3 Å². The van der Waals surface area contributed by atoms with Gasteiger partial charge in [-0.1, -0.05) is 6.07 Å². The molecule has 0 aliphatic rings. The number of carbonyl (C=O) groups excluding carboxylic acids is 1. The van der Waals surface area contributed by atoms with E-state index >= 15 is 0 Å². The molecule has 2 unspecified atom stereocenters. The summed E-state index contributed by atoms with van der Waals surface area (Å²) in [6.45, 7) is 2.18. The molecular formula is C14H18N2O3S2. The number of fused-ring (bicyclic) bond motifs is 1. The molecule has 1 heterocycles. The van der Waals surface area contributed by atoms with Crippen molar-refractivity contribution in [2.24, 2.45) is 0 Å². The molecule has 0 saturated carbocycles. The number of nitrogen functional groups attached to an aromatic ring is 1. The fourth-order valence-corrected chi connectivity index (χ4v) is 3.29. The van der Waals surface area contributed by atoms with Crippen LogP contribution < -0.4 is 15.8 Å². The van der Waals surface area contributed by atoms with E-state index in [9.17, 15) is 9.00 Å². The number of carbonyl (C=O) groups is 1. The van der Waals surface area contributed by atoms with Gasteiger partial charge in [0.05, 0.1) is 18.2 Å². The third kappa shape index (κ3) is 3.19. The summed E-state index contributed by atoms with van der Waals surface area (Å²) in [6, 6.07) is 5.58. The van der Waals surface area contributed by atoms with E-state index in [0.717, 1.165) is 10.1 Å². The fraction of sp³-hybridized carbons (Fsp3) is 0.357. The van der Waals surface area contributed by atoms with E-state index in [2.05, 4.69) is 5.32 Å². The number of hydrogen-bond donors (Lipinski definition) is 2. The maximum atomic E-state index is 12.2. The molecule has 21 heavy (non-hydrogen) atoms. The van der Waals surface area contributed by atoms with Gasteiger partial charge in [-0.05, 0) is 19.1 Å². The van der Waals surface area contributed by atoms with Crippen molar-refractivity contribution in [1.82, 2.24) is 5.32 Å². The highest BCUT2D eigenvalue weighted by molar-refractivity contribution is 7.84. The van der Waals surface area contributed by atoms with Crippen LogP contribution in [0.5, 0.6) is 5.75 Å². The molecule has 2 aromatic rings. The topological polar surface area (TPSA) is 81.4 Å². The Morgan fingerprint density at radius 2 is 2.24 bits per heavy atom. The molecule has 0 radical (unpaired) electrons. The Morgan fingerprint density at radius 3 is 2.86 bits per heavy atom. The van der Waals surface area contributed by atoms with Gasteiger partial charge in [0.25, 0.3) is 5.91 Å². The fourth-order valence-electron chi connectivity index (χ4n) is 1.91. The lowest BCUT2D eigenvalue weighted by Gasteiger charge is -2.09. The zero-order chi connectivity index (χ0) is 15.6. The number of anilines is 1. The van der Waals surface area contributed by atoms with Crippen molar-refractivity contribution in [3.05, 3.63) is 23.1 Å². The van der Waals surface area contributed by atoms with E-state index in [1.807, 2.05) is 25.1 Å². The van der Waals surface area contributed by atoms with E-state index in [1.54, 1.807) is 13.4 Å². The van der Waals surface area contributed by atoms with Crippen LogP contribution in [0.4, 0.5) is 5.69 Å². The van der Waals surface area contributed by atoms with Crippen molar-refractivity contribution in [2.45, 2.75) is 12.2 Å². The van der Waals surface area contributed by atoms with Gasteiger partial charge in [0.2, 0.25) is 0 Å². The maximum Gasteiger partial charge on any atom is 0.263 e. The summed E-state index contributed by atoms with van der Waals surface area (Å²) >= 11 is 1.33. The van der Waals surface area contributed by atoms with Crippen LogP contribution in [0.1, 0.15) is 16.6 Å². The number of nitrogens with one attached hydrogen (secondary N) is 1. The van der Waals surface area contributed by atoms with Gasteiger partial charge < -0.3 is 15.8 Å². The Morgan fingerprint density at radius 1 is 1.52 bits per heavy atom. The first-order valence-electron chi connectivity index (χ1n) is 6.41. The normalized spacial score (nSPS) is 13.9. The number of benzene rings is 1. The monoisotopic (exact) mass is 326 g/mol. The molecule has 7 heteroatoms. The molecule has 5 nitrogen and oxygen atoms in total. The predicted molar refractivity (Wildman–Crippen MR) is 88.7 cm³/mol. The van der Waals surface area contributed by atoms with E-state index in [1.165, 1.54) is 11.3 Å². The molecular weight excluding hydrogens is 308 g/mol. The number of ether oxygens (including phenoxy) is 1. The number of hydrogen-bond acceptors (Lipinski definition) is 5. The van der Waals surface area contributed by atoms with Gasteiger partial charge in [0.1, 0.15) is 10.6 Å². The number of thiophene rings is 1. The number of rotatable bonds is 5. The summed E-state index contributed by atoms with van der Waals surface area (Å²) in [5.41, 5.74) is 6.52. The summed E-state index contributed by atoms with van der Waals surface area (Å²) < 4.78 is 17.5. The van der Waals surface area contributed by atoms with Crippen LogP contribution in [0.25, 0.3) is 10.1 Å². The second-order valence-electron chi connectivity index (χ2n) is 4.70. The largest absolute Gasteiger partial charge is 0.496 e. The predicted octanol–water partition coefficient (Wildman–Crippen LogP) is 1.99. The van der Waals surface area contributed by atoms with Crippen molar-refractivity contribution in [1.29, 1.82) is 0 Å². The molecule has 114 valence electrons. The second-order valence-corrected chi connectivity index (χ2v) is 7.55. The van der Waals surface area contributed by atoms with Crippen LogP contribution in [-0.2, 0) is 10.8 Å². The molecule has 0 spiro atoms. The average molecular weight is 326 g/mol. The molecule has 0 aliphatic heterocycles. The summed E-state index contributed by atoms with van der Waals surface area (Å²) in [7, 11) is 0.602. The van der Waals surface area contributed by atoms with E-state index in [-0.39, 0.29) is 11.2 Å². The van der Waals surface area contributed by atoms with Gasteiger partial charge in [-0.3, -0.25) is 9.00 Å². The quantitative estimate of drug-likeness (QED) is 0.880. The lowest BCUT2D eigenvalue weighted by Crippen LogP contribution is -2.32. The van der Waals surface area contributed by atoms with Gasteiger partial charge in [0.15, 0.2) is 0 Å². The van der Waals surface area contributed by atoms with Crippen molar-refractivity contribution >= 4 is 43.8 Å². The summed E-state index contributed by atoms with van der Waals surface area (Å²) in [5.74, 6) is 0.413. The Balaban J connectivity index is 2.28. The number of amides is 1. The lowest BCUT2D eigenvalue weighted by molar-refractivity contribution is 0.0959. The standard InChI is InChI=1S/C14H18N2O3S2/c1-8(21(3)18)7-16-14(17)13-12(15)11-9(19-2)5-4-6-10(11)20-13/h4-6,8H,7,15H2,1-3H3,(H,16,17). The van der Waals surface area contributed by atoms with Crippen molar-refractivity contribution in [3.63, 3.8) is 0 Å². The Bertz CT molecular complexity index is 697. The summed E-state index contributed by atoms with van der Waals surface area (Å²) in [5, 5.41) is 3.44. The lowest BCUT2D eigenvalue weighted by atomic mass is 10.2. The summed E-state index contributed by atoms with van der Waals surface area (Å²) in [4.78, 5) is 12.7. The van der Waals surface area contributed by atoms with E-state index in [4.69, 9.17) is 10.5 Å². The molecule has 3 N–H and O–H groups in total. The summed E-state index contributed by atoms with van der Waals surface area (Å²) in [6.07, 6.45) is 1.62. The molecule has 0 saturated heterocycles. The third-order valence-corrected chi connectivity index (χ3v) is 5.73. The van der Waals surface area contributed by atoms with Crippen molar-refractivity contribution < 1.29 is 13.7 Å². The molecule has 1 aromatic carbocycles. The van der Waals surface area contributed by atoms with Crippen LogP contribution >= 0.6 is 11.3 Å². The maximum absolute atomic E-state index is 12.2. The third-order valence-electron chi connectivity index (χ3n) is 3.26. The Hall–Kier alpha value is -1.60. The minimum Gasteiger partial charge on any atom is -0.496 e. The first kappa shape index (κ1) is 15.8. The van der Waals surface area contributed by atoms with Crippen LogP contribution in [-0.4, -0.2) is 35.3 Å². The van der Waals surface area contributed by atoms with Gasteiger partial charge >= 0.3 is 0 Å². The van der Waals surface area contributed by atoms with Crippen LogP contribution in [0, 0.1) is 0 Å². The van der Waals surface area contributed by atoms with E-state index in [0.29, 0.717) is 22.9 Å². The number of methoxy groups -OCH3 is 1. The molecule has 1 amide bonds.